The summed E-state index contributed by atoms with van der Waals surface area (Å²) in [5.41, 5.74) is 0.505. The molecule has 1 aromatic rings. The van der Waals surface area contributed by atoms with E-state index >= 15 is 0 Å². The van der Waals surface area contributed by atoms with Crippen molar-refractivity contribution in [3.05, 3.63) is 29.1 Å². The van der Waals surface area contributed by atoms with Crippen LogP contribution in [0.3, 0.4) is 0 Å². The van der Waals surface area contributed by atoms with E-state index in [0.29, 0.717) is 10.5 Å². The van der Waals surface area contributed by atoms with Crippen molar-refractivity contribution in [2.45, 2.75) is 31.9 Å². The summed E-state index contributed by atoms with van der Waals surface area (Å²) >= 11 is 0. The van der Waals surface area contributed by atoms with Crippen LogP contribution in [0.5, 0.6) is 5.75 Å². The Bertz CT molecular complexity index is 822. The highest BCUT2D eigenvalue weighted by molar-refractivity contribution is 5.68. The molecule has 0 aliphatic carbocycles. The first-order valence-corrected chi connectivity index (χ1v) is 9.14. The number of aryl methyl sites for hydroxylation is 1. The minimum atomic E-state index is -5.81. The standard InChI is InChI=1S/C18H19F7N2O5/c1-10-2-3-11(14(13(10)19)31-9-12(28)29)8-26-4-6-27(7-5-26)16(30)32-15(17(20,21)22)18(23,24)25/h2-3,15H,4-9H2,1H3,(H,28,29). The van der Waals surface area contributed by atoms with Gasteiger partial charge in [-0.2, -0.15) is 26.3 Å². The number of alkyl halides is 6. The minimum Gasteiger partial charge on any atom is -0.479 e. The van der Waals surface area contributed by atoms with Crippen LogP contribution >= 0.6 is 0 Å². The predicted molar refractivity (Wildman–Crippen MR) is 93.5 cm³/mol. The van der Waals surface area contributed by atoms with Gasteiger partial charge < -0.3 is 19.5 Å². The maximum atomic E-state index is 14.4. The van der Waals surface area contributed by atoms with Gasteiger partial charge in [-0.1, -0.05) is 12.1 Å². The second kappa shape index (κ2) is 9.79. The van der Waals surface area contributed by atoms with Gasteiger partial charge in [0.2, 0.25) is 0 Å². The zero-order chi connectivity index (χ0) is 24.3. The molecule has 1 aliphatic rings. The zero-order valence-corrected chi connectivity index (χ0v) is 16.6. The van der Waals surface area contributed by atoms with Crippen molar-refractivity contribution in [1.29, 1.82) is 0 Å². The number of rotatable bonds is 6. The van der Waals surface area contributed by atoms with Crippen LogP contribution < -0.4 is 4.74 Å². The third-order valence-electron chi connectivity index (χ3n) is 4.55. The third-order valence-corrected chi connectivity index (χ3v) is 4.55. The van der Waals surface area contributed by atoms with E-state index in [-0.39, 0.29) is 44.0 Å². The van der Waals surface area contributed by atoms with E-state index < -0.39 is 42.9 Å². The van der Waals surface area contributed by atoms with Crippen LogP contribution in [0.1, 0.15) is 11.1 Å². The maximum Gasteiger partial charge on any atom is 0.434 e. The van der Waals surface area contributed by atoms with Crippen molar-refractivity contribution in [1.82, 2.24) is 9.80 Å². The lowest BCUT2D eigenvalue weighted by Gasteiger charge is -2.35. The fourth-order valence-electron chi connectivity index (χ4n) is 2.93. The number of benzene rings is 1. The van der Waals surface area contributed by atoms with E-state index in [1.54, 1.807) is 4.90 Å². The van der Waals surface area contributed by atoms with Crippen LogP contribution in [0, 0.1) is 12.7 Å². The molecule has 2 rings (SSSR count). The summed E-state index contributed by atoms with van der Waals surface area (Å²) in [4.78, 5) is 24.9. The fraction of sp³-hybridized carbons (Fsp3) is 0.556. The van der Waals surface area contributed by atoms with Crippen LogP contribution in [0.4, 0.5) is 35.5 Å². The van der Waals surface area contributed by atoms with Gasteiger partial charge in [0.1, 0.15) is 0 Å². The van der Waals surface area contributed by atoms with Gasteiger partial charge >= 0.3 is 24.4 Å². The van der Waals surface area contributed by atoms with Crippen LogP contribution in [0.15, 0.2) is 12.1 Å². The Labute approximate surface area is 177 Å². The Hall–Kier alpha value is -2.77. The molecule has 0 bridgehead atoms. The number of carbonyl (C=O) groups excluding carboxylic acids is 1. The van der Waals surface area contributed by atoms with Gasteiger partial charge in [-0.15, -0.1) is 0 Å². The molecule has 1 aliphatic heterocycles. The Morgan fingerprint density at radius 3 is 2.12 bits per heavy atom. The molecule has 0 unspecified atom stereocenters. The summed E-state index contributed by atoms with van der Waals surface area (Å²) in [6.45, 7) is 0.306. The molecule has 1 heterocycles. The molecule has 1 amide bonds. The van der Waals surface area contributed by atoms with E-state index in [1.807, 2.05) is 0 Å². The number of aliphatic carboxylic acids is 1. The Morgan fingerprint density at radius 1 is 1.06 bits per heavy atom. The lowest BCUT2D eigenvalue weighted by Crippen LogP contribution is -2.52. The average Bonchev–Trinajstić information content (AvgIpc) is 2.67. The number of halogens is 7. The molecule has 7 nitrogen and oxygen atoms in total. The summed E-state index contributed by atoms with van der Waals surface area (Å²) in [6.07, 6.45) is -17.6. The van der Waals surface area contributed by atoms with Crippen molar-refractivity contribution < 1.29 is 54.9 Å². The topological polar surface area (TPSA) is 79.3 Å². The summed E-state index contributed by atoms with van der Waals surface area (Å²) in [5.74, 6) is -2.34. The molecule has 1 fully saturated rings. The predicted octanol–water partition coefficient (Wildman–Crippen LogP) is 3.34. The SMILES string of the molecule is Cc1ccc(CN2CCN(C(=O)OC(C(F)(F)F)C(F)(F)F)CC2)c(OCC(=O)O)c1F. The van der Waals surface area contributed by atoms with E-state index in [4.69, 9.17) is 9.84 Å². The lowest BCUT2D eigenvalue weighted by molar-refractivity contribution is -0.308. The molecule has 32 heavy (non-hydrogen) atoms. The van der Waals surface area contributed by atoms with E-state index in [1.165, 1.54) is 19.1 Å². The van der Waals surface area contributed by atoms with E-state index in [2.05, 4.69) is 4.74 Å². The molecule has 0 radical (unpaired) electrons. The summed E-state index contributed by atoms with van der Waals surface area (Å²) in [6, 6.07) is 2.95. The number of piperazine rings is 1. The number of nitrogens with zero attached hydrogens (tertiary/aromatic N) is 2. The van der Waals surface area contributed by atoms with Crippen LogP contribution in [-0.4, -0.2) is 78.2 Å². The number of hydrogen-bond acceptors (Lipinski definition) is 5. The van der Waals surface area contributed by atoms with Gasteiger partial charge in [0, 0.05) is 38.3 Å². The number of carbonyl (C=O) groups is 2. The molecule has 0 atom stereocenters. The molecule has 180 valence electrons. The van der Waals surface area contributed by atoms with Crippen molar-refractivity contribution in [3.63, 3.8) is 0 Å². The normalized spacial score (nSPS) is 15.7. The first-order valence-electron chi connectivity index (χ1n) is 9.14. The molecule has 0 spiro atoms. The van der Waals surface area contributed by atoms with Gasteiger partial charge in [-0.3, -0.25) is 4.90 Å². The van der Waals surface area contributed by atoms with Crippen molar-refractivity contribution >= 4 is 12.1 Å². The number of ether oxygens (including phenoxy) is 2. The fourth-order valence-corrected chi connectivity index (χ4v) is 2.93. The zero-order valence-electron chi connectivity index (χ0n) is 16.6. The number of amides is 1. The minimum absolute atomic E-state index is 0.0334. The highest BCUT2D eigenvalue weighted by Gasteiger charge is 2.60. The Kier molecular flexibility index (Phi) is 7.80. The first kappa shape index (κ1) is 25.5. The van der Waals surface area contributed by atoms with Crippen LogP contribution in [-0.2, 0) is 16.1 Å². The van der Waals surface area contributed by atoms with Gasteiger partial charge in [0.05, 0.1) is 0 Å². The van der Waals surface area contributed by atoms with Gasteiger partial charge in [-0.25, -0.2) is 14.0 Å². The summed E-state index contributed by atoms with van der Waals surface area (Å²) in [7, 11) is 0. The van der Waals surface area contributed by atoms with Crippen molar-refractivity contribution in [2.24, 2.45) is 0 Å². The van der Waals surface area contributed by atoms with Crippen molar-refractivity contribution in [3.8, 4) is 5.75 Å². The Morgan fingerprint density at radius 2 is 1.62 bits per heavy atom. The average molecular weight is 476 g/mol. The number of carboxylic acids is 1. The number of hydrogen-bond donors (Lipinski definition) is 1. The third kappa shape index (κ3) is 6.61. The molecule has 0 aromatic heterocycles. The molecule has 1 saturated heterocycles. The van der Waals surface area contributed by atoms with Gasteiger partial charge in [0.15, 0.2) is 18.2 Å². The van der Waals surface area contributed by atoms with Gasteiger partial charge in [0.25, 0.3) is 6.10 Å². The van der Waals surface area contributed by atoms with Crippen LogP contribution in [0.2, 0.25) is 0 Å². The quantitative estimate of drug-likeness (QED) is 0.635. The largest absolute Gasteiger partial charge is 0.479 e. The lowest BCUT2D eigenvalue weighted by atomic mass is 10.1. The molecular weight excluding hydrogens is 457 g/mol. The Balaban J connectivity index is 2.01. The van der Waals surface area contributed by atoms with E-state index in [9.17, 15) is 40.3 Å². The monoisotopic (exact) mass is 476 g/mol. The maximum absolute atomic E-state index is 14.4. The van der Waals surface area contributed by atoms with E-state index in [0.717, 1.165) is 0 Å². The highest BCUT2D eigenvalue weighted by Crippen LogP contribution is 2.36. The number of carboxylic acid groups (broad SMARTS) is 1. The molecular formula is C18H19F7N2O5. The second-order valence-corrected chi connectivity index (χ2v) is 6.98. The molecule has 0 saturated carbocycles. The van der Waals surface area contributed by atoms with Crippen molar-refractivity contribution in [2.75, 3.05) is 32.8 Å². The smallest absolute Gasteiger partial charge is 0.434 e. The molecule has 1 N–H and O–H groups in total. The highest BCUT2D eigenvalue weighted by atomic mass is 19.4. The van der Waals surface area contributed by atoms with Gasteiger partial charge in [-0.05, 0) is 12.5 Å². The first-order chi connectivity index (χ1) is 14.7. The summed E-state index contributed by atoms with van der Waals surface area (Å²) < 4.78 is 98.4. The second-order valence-electron chi connectivity index (χ2n) is 6.98. The molecule has 14 heteroatoms. The molecule has 1 aromatic carbocycles. The summed E-state index contributed by atoms with van der Waals surface area (Å²) in [5, 5.41) is 8.74. The van der Waals surface area contributed by atoms with Crippen LogP contribution in [0.25, 0.3) is 0 Å².